The molecule has 2 amide bonds. The van der Waals surface area contributed by atoms with Gasteiger partial charge in [-0.15, -0.1) is 0 Å². The largest absolute Gasteiger partial charge is 0.369 e. The molecule has 2 aliphatic rings. The fourth-order valence-electron chi connectivity index (χ4n) is 3.68. The van der Waals surface area contributed by atoms with Gasteiger partial charge in [-0.2, -0.15) is 0 Å². The third-order valence-corrected chi connectivity index (χ3v) is 5.39. The lowest BCUT2D eigenvalue weighted by Crippen LogP contribution is -2.44. The topological polar surface area (TPSA) is 64.7 Å². The van der Waals surface area contributed by atoms with Gasteiger partial charge in [0, 0.05) is 43.6 Å². The van der Waals surface area contributed by atoms with Crippen molar-refractivity contribution >= 4 is 23.2 Å². The highest BCUT2D eigenvalue weighted by Crippen LogP contribution is 2.20. The minimum atomic E-state index is -0.582. The molecule has 6 nitrogen and oxygen atoms in total. The quantitative estimate of drug-likeness (QED) is 0.642. The number of hydrogen-bond acceptors (Lipinski definition) is 4. The van der Waals surface area contributed by atoms with Crippen molar-refractivity contribution in [1.29, 1.82) is 0 Å². The Balaban J connectivity index is 1.49. The van der Waals surface area contributed by atoms with Crippen LogP contribution in [0.15, 0.2) is 24.3 Å². The molecule has 3 rings (SSSR count). The molecule has 0 spiro atoms. The second-order valence-corrected chi connectivity index (χ2v) is 7.45. The number of carbonyl (C=O) groups excluding carboxylic acids is 2. The Labute approximate surface area is 155 Å². The summed E-state index contributed by atoms with van der Waals surface area (Å²) in [6.45, 7) is 4.12. The molecule has 2 fully saturated rings. The normalized spacial score (nSPS) is 19.7. The summed E-state index contributed by atoms with van der Waals surface area (Å²) in [5, 5.41) is 5.59. The third kappa shape index (κ3) is 5.21. The predicted octanol–water partition coefficient (Wildman–Crippen LogP) is 2.22. The Hall–Kier alpha value is -2.08. The molecule has 1 aliphatic heterocycles. The highest BCUT2D eigenvalue weighted by molar-refractivity contribution is 6.39. The molecule has 1 aromatic carbocycles. The molecule has 0 bridgehead atoms. The van der Waals surface area contributed by atoms with E-state index in [1.807, 2.05) is 24.3 Å². The number of nitrogens with one attached hydrogen (secondary N) is 2. The van der Waals surface area contributed by atoms with Crippen LogP contribution in [0.2, 0.25) is 0 Å². The zero-order valence-electron chi connectivity index (χ0n) is 15.7. The molecule has 1 aliphatic carbocycles. The van der Waals surface area contributed by atoms with Gasteiger partial charge in [0.15, 0.2) is 0 Å². The average molecular weight is 358 g/mol. The van der Waals surface area contributed by atoms with Gasteiger partial charge < -0.3 is 20.4 Å². The monoisotopic (exact) mass is 358 g/mol. The van der Waals surface area contributed by atoms with E-state index in [0.29, 0.717) is 5.69 Å². The Morgan fingerprint density at radius 2 is 1.50 bits per heavy atom. The van der Waals surface area contributed by atoms with Crippen molar-refractivity contribution in [1.82, 2.24) is 10.2 Å². The van der Waals surface area contributed by atoms with Crippen LogP contribution in [0.1, 0.15) is 38.5 Å². The van der Waals surface area contributed by atoms with E-state index in [-0.39, 0.29) is 6.04 Å². The van der Waals surface area contributed by atoms with E-state index in [0.717, 1.165) is 57.5 Å². The van der Waals surface area contributed by atoms with Crippen LogP contribution in [-0.4, -0.2) is 56.0 Å². The van der Waals surface area contributed by atoms with Gasteiger partial charge in [0.1, 0.15) is 0 Å². The first kappa shape index (κ1) is 18.7. The fourth-order valence-corrected chi connectivity index (χ4v) is 3.68. The maximum Gasteiger partial charge on any atom is 0.313 e. The molecule has 1 saturated carbocycles. The van der Waals surface area contributed by atoms with Crippen LogP contribution in [0.5, 0.6) is 0 Å². The highest BCUT2D eigenvalue weighted by atomic mass is 16.2. The molecule has 1 aromatic rings. The minimum Gasteiger partial charge on any atom is -0.369 e. The third-order valence-electron chi connectivity index (χ3n) is 5.39. The summed E-state index contributed by atoms with van der Waals surface area (Å²) in [4.78, 5) is 28.9. The van der Waals surface area contributed by atoms with Crippen LogP contribution in [-0.2, 0) is 9.59 Å². The number of amides is 2. The first-order valence-electron chi connectivity index (χ1n) is 9.77. The molecule has 0 atom stereocenters. The maximum atomic E-state index is 12.2. The Kier molecular flexibility index (Phi) is 6.50. The number of hydrogen-bond donors (Lipinski definition) is 2. The van der Waals surface area contributed by atoms with Crippen LogP contribution < -0.4 is 15.5 Å². The van der Waals surface area contributed by atoms with E-state index < -0.39 is 11.8 Å². The molecule has 0 unspecified atom stereocenters. The Morgan fingerprint density at radius 3 is 2.12 bits per heavy atom. The van der Waals surface area contributed by atoms with Crippen LogP contribution in [0.25, 0.3) is 0 Å². The van der Waals surface area contributed by atoms with Crippen molar-refractivity contribution in [3.8, 4) is 0 Å². The summed E-state index contributed by atoms with van der Waals surface area (Å²) in [7, 11) is 2.14. The number of rotatable bonds is 3. The SMILES string of the molecule is CN1CCN(c2ccc(NC(=O)C(=O)NC3CCCCCC3)cc2)CC1. The van der Waals surface area contributed by atoms with Crippen molar-refractivity contribution < 1.29 is 9.59 Å². The average Bonchev–Trinajstić information content (AvgIpc) is 2.92. The van der Waals surface area contributed by atoms with E-state index in [1.165, 1.54) is 12.8 Å². The van der Waals surface area contributed by atoms with Gasteiger partial charge in [-0.25, -0.2) is 0 Å². The van der Waals surface area contributed by atoms with E-state index in [4.69, 9.17) is 0 Å². The minimum absolute atomic E-state index is 0.135. The van der Waals surface area contributed by atoms with E-state index >= 15 is 0 Å². The number of likely N-dealkylation sites (N-methyl/N-ethyl adjacent to an activating group) is 1. The highest BCUT2D eigenvalue weighted by Gasteiger charge is 2.20. The Morgan fingerprint density at radius 1 is 0.885 bits per heavy atom. The van der Waals surface area contributed by atoms with Crippen molar-refractivity contribution in [2.24, 2.45) is 0 Å². The first-order valence-corrected chi connectivity index (χ1v) is 9.77. The molecule has 6 heteroatoms. The summed E-state index contributed by atoms with van der Waals surface area (Å²) >= 11 is 0. The van der Waals surface area contributed by atoms with Gasteiger partial charge in [-0.1, -0.05) is 25.7 Å². The molecule has 0 radical (unpaired) electrons. The molecule has 1 saturated heterocycles. The van der Waals surface area contributed by atoms with Crippen LogP contribution in [0, 0.1) is 0 Å². The lowest BCUT2D eigenvalue weighted by atomic mass is 10.1. The van der Waals surface area contributed by atoms with Crippen LogP contribution in [0.3, 0.4) is 0 Å². The lowest BCUT2D eigenvalue weighted by Gasteiger charge is -2.34. The van der Waals surface area contributed by atoms with Gasteiger partial charge in [0.25, 0.3) is 0 Å². The molecule has 0 aromatic heterocycles. The number of carbonyl (C=O) groups is 2. The zero-order chi connectivity index (χ0) is 18.4. The number of anilines is 2. The Bertz CT molecular complexity index is 601. The fraction of sp³-hybridized carbons (Fsp3) is 0.600. The zero-order valence-corrected chi connectivity index (χ0v) is 15.7. The molecule has 26 heavy (non-hydrogen) atoms. The number of nitrogens with zero attached hydrogens (tertiary/aromatic N) is 2. The summed E-state index contributed by atoms with van der Waals surface area (Å²) in [6.07, 6.45) is 6.63. The van der Waals surface area contributed by atoms with Gasteiger partial charge in [0.2, 0.25) is 0 Å². The summed E-state index contributed by atoms with van der Waals surface area (Å²) in [6, 6.07) is 7.87. The van der Waals surface area contributed by atoms with Gasteiger partial charge in [0.05, 0.1) is 0 Å². The smallest absolute Gasteiger partial charge is 0.313 e. The van der Waals surface area contributed by atoms with Crippen LogP contribution in [0.4, 0.5) is 11.4 Å². The second-order valence-electron chi connectivity index (χ2n) is 7.45. The lowest BCUT2D eigenvalue weighted by molar-refractivity contribution is -0.136. The predicted molar refractivity (Wildman–Crippen MR) is 104 cm³/mol. The molecule has 2 N–H and O–H groups in total. The standard InChI is InChI=1S/C20H30N4O2/c1-23-12-14-24(15-13-23)18-10-8-17(9-11-18)22-20(26)19(25)21-16-6-4-2-3-5-7-16/h8-11,16H,2-7,12-15H2,1H3,(H,21,25)(H,22,26). The molecule has 142 valence electrons. The molecule has 1 heterocycles. The summed E-state index contributed by atoms with van der Waals surface area (Å²) < 4.78 is 0. The van der Waals surface area contributed by atoms with Gasteiger partial charge >= 0.3 is 11.8 Å². The molecular formula is C20H30N4O2. The number of piperazine rings is 1. The first-order chi connectivity index (χ1) is 12.6. The van der Waals surface area contributed by atoms with Gasteiger partial charge in [-0.05, 0) is 44.2 Å². The van der Waals surface area contributed by atoms with E-state index in [1.54, 1.807) is 0 Å². The van der Waals surface area contributed by atoms with Crippen molar-refractivity contribution in [3.05, 3.63) is 24.3 Å². The van der Waals surface area contributed by atoms with Crippen molar-refractivity contribution in [2.45, 2.75) is 44.6 Å². The van der Waals surface area contributed by atoms with Crippen molar-refractivity contribution in [3.63, 3.8) is 0 Å². The van der Waals surface area contributed by atoms with Gasteiger partial charge in [-0.3, -0.25) is 9.59 Å². The van der Waals surface area contributed by atoms with E-state index in [2.05, 4.69) is 27.5 Å². The summed E-state index contributed by atoms with van der Waals surface area (Å²) in [5.41, 5.74) is 1.81. The molecular weight excluding hydrogens is 328 g/mol. The second kappa shape index (κ2) is 9.03. The van der Waals surface area contributed by atoms with Crippen LogP contribution >= 0.6 is 0 Å². The van der Waals surface area contributed by atoms with Crippen molar-refractivity contribution in [2.75, 3.05) is 43.4 Å². The maximum absolute atomic E-state index is 12.2. The summed E-state index contributed by atoms with van der Waals surface area (Å²) in [5.74, 6) is -1.11. The number of benzene rings is 1. The van der Waals surface area contributed by atoms with E-state index in [9.17, 15) is 9.59 Å².